The number of hydrogen-bond donors (Lipinski definition) is 1. The van der Waals surface area contributed by atoms with Crippen LogP contribution >= 0.6 is 15.9 Å². The number of halogens is 1. The summed E-state index contributed by atoms with van der Waals surface area (Å²) in [6.45, 7) is 1.98. The normalized spacial score (nSPS) is 10.2. The van der Waals surface area contributed by atoms with E-state index in [1.165, 1.54) is 0 Å². The molecule has 1 aromatic carbocycles. The SMILES string of the molecule is Cc1cc(Br)cc2c(C#N)n[nH]c12. The summed E-state index contributed by atoms with van der Waals surface area (Å²) in [6, 6.07) is 5.92. The van der Waals surface area contributed by atoms with Gasteiger partial charge in [-0.05, 0) is 24.6 Å². The molecule has 0 amide bonds. The highest BCUT2D eigenvalue weighted by Crippen LogP contribution is 2.23. The van der Waals surface area contributed by atoms with Gasteiger partial charge in [-0.3, -0.25) is 5.10 Å². The molecule has 0 fully saturated rings. The molecule has 1 N–H and O–H groups in total. The molecule has 1 heterocycles. The Kier molecular flexibility index (Phi) is 1.82. The molecule has 0 aliphatic heterocycles. The van der Waals surface area contributed by atoms with E-state index in [4.69, 9.17) is 5.26 Å². The van der Waals surface area contributed by atoms with Crippen molar-refractivity contribution in [2.45, 2.75) is 6.92 Å². The topological polar surface area (TPSA) is 52.5 Å². The zero-order chi connectivity index (χ0) is 9.42. The maximum Gasteiger partial charge on any atom is 0.170 e. The van der Waals surface area contributed by atoms with Crippen LogP contribution in [0.5, 0.6) is 0 Å². The summed E-state index contributed by atoms with van der Waals surface area (Å²) >= 11 is 3.38. The average molecular weight is 236 g/mol. The van der Waals surface area contributed by atoms with Crippen LogP contribution in [-0.2, 0) is 0 Å². The Morgan fingerprint density at radius 2 is 2.31 bits per heavy atom. The van der Waals surface area contributed by atoms with Gasteiger partial charge in [-0.1, -0.05) is 15.9 Å². The van der Waals surface area contributed by atoms with Gasteiger partial charge in [0.25, 0.3) is 0 Å². The summed E-state index contributed by atoms with van der Waals surface area (Å²) < 4.78 is 0.968. The minimum absolute atomic E-state index is 0.444. The molecule has 3 nitrogen and oxygen atoms in total. The second-order valence-corrected chi connectivity index (χ2v) is 3.74. The van der Waals surface area contributed by atoms with Gasteiger partial charge in [-0.25, -0.2) is 0 Å². The van der Waals surface area contributed by atoms with E-state index >= 15 is 0 Å². The van der Waals surface area contributed by atoms with Gasteiger partial charge in [-0.15, -0.1) is 0 Å². The van der Waals surface area contributed by atoms with Crippen LogP contribution in [-0.4, -0.2) is 10.2 Å². The molecule has 0 saturated carbocycles. The van der Waals surface area contributed by atoms with Crippen LogP contribution in [0.2, 0.25) is 0 Å². The number of rotatable bonds is 0. The van der Waals surface area contributed by atoms with E-state index in [1.807, 2.05) is 25.1 Å². The van der Waals surface area contributed by atoms with Gasteiger partial charge in [0.05, 0.1) is 5.52 Å². The predicted molar refractivity (Wildman–Crippen MR) is 53.2 cm³/mol. The average Bonchev–Trinajstić information content (AvgIpc) is 2.47. The number of aryl methyl sites for hydroxylation is 1. The van der Waals surface area contributed by atoms with Crippen molar-refractivity contribution in [2.24, 2.45) is 0 Å². The van der Waals surface area contributed by atoms with E-state index in [-0.39, 0.29) is 0 Å². The van der Waals surface area contributed by atoms with E-state index in [1.54, 1.807) is 0 Å². The lowest BCUT2D eigenvalue weighted by molar-refractivity contribution is 1.09. The van der Waals surface area contributed by atoms with Crippen molar-refractivity contribution in [3.63, 3.8) is 0 Å². The molecular weight excluding hydrogens is 230 g/mol. The lowest BCUT2D eigenvalue weighted by Gasteiger charge is -1.95. The van der Waals surface area contributed by atoms with Gasteiger partial charge in [0.1, 0.15) is 6.07 Å². The third-order valence-electron chi connectivity index (χ3n) is 1.94. The Morgan fingerprint density at radius 1 is 1.54 bits per heavy atom. The number of nitrogens with zero attached hydrogens (tertiary/aromatic N) is 2. The Labute approximate surface area is 83.5 Å². The number of fused-ring (bicyclic) bond motifs is 1. The number of benzene rings is 1. The summed E-state index contributed by atoms with van der Waals surface area (Å²) in [5, 5.41) is 16.4. The van der Waals surface area contributed by atoms with Gasteiger partial charge >= 0.3 is 0 Å². The summed E-state index contributed by atoms with van der Waals surface area (Å²) in [4.78, 5) is 0. The number of aromatic amines is 1. The lowest BCUT2D eigenvalue weighted by Crippen LogP contribution is -1.77. The molecule has 0 aliphatic carbocycles. The standard InChI is InChI=1S/C9H6BrN3/c1-5-2-6(10)3-7-8(4-11)12-13-9(5)7/h2-3H,1H3,(H,12,13). The number of nitriles is 1. The Hall–Kier alpha value is -1.34. The van der Waals surface area contributed by atoms with Crippen molar-refractivity contribution in [3.8, 4) is 6.07 Å². The maximum absolute atomic E-state index is 8.76. The maximum atomic E-state index is 8.76. The highest BCUT2D eigenvalue weighted by Gasteiger charge is 2.07. The number of H-pyrrole nitrogens is 1. The molecule has 2 aromatic rings. The van der Waals surface area contributed by atoms with Gasteiger partial charge in [0.15, 0.2) is 5.69 Å². The fourth-order valence-corrected chi connectivity index (χ4v) is 1.91. The predicted octanol–water partition coefficient (Wildman–Crippen LogP) is 2.51. The summed E-state index contributed by atoms with van der Waals surface area (Å²) in [5.41, 5.74) is 2.46. The van der Waals surface area contributed by atoms with E-state index < -0.39 is 0 Å². The third kappa shape index (κ3) is 1.21. The zero-order valence-electron chi connectivity index (χ0n) is 6.93. The molecule has 0 aliphatic rings. The van der Waals surface area contributed by atoms with Crippen LogP contribution in [0.15, 0.2) is 16.6 Å². The van der Waals surface area contributed by atoms with Crippen molar-refractivity contribution >= 4 is 26.8 Å². The fraction of sp³-hybridized carbons (Fsp3) is 0.111. The molecular formula is C9H6BrN3. The van der Waals surface area contributed by atoms with Crippen molar-refractivity contribution < 1.29 is 0 Å². The summed E-state index contributed by atoms with van der Waals surface area (Å²) in [5.74, 6) is 0. The number of nitrogens with one attached hydrogen (secondary N) is 1. The first-order chi connectivity index (χ1) is 6.22. The Morgan fingerprint density at radius 3 is 3.00 bits per heavy atom. The molecule has 0 spiro atoms. The second kappa shape index (κ2) is 2.86. The van der Waals surface area contributed by atoms with Gasteiger partial charge in [0, 0.05) is 9.86 Å². The van der Waals surface area contributed by atoms with Crippen LogP contribution in [0.25, 0.3) is 10.9 Å². The van der Waals surface area contributed by atoms with E-state index in [0.29, 0.717) is 5.69 Å². The molecule has 1 aromatic heterocycles. The van der Waals surface area contributed by atoms with Crippen molar-refractivity contribution in [1.82, 2.24) is 10.2 Å². The largest absolute Gasteiger partial charge is 0.276 e. The first kappa shape index (κ1) is 8.27. The van der Waals surface area contributed by atoms with Crippen molar-refractivity contribution in [2.75, 3.05) is 0 Å². The first-order valence-electron chi connectivity index (χ1n) is 3.76. The van der Waals surface area contributed by atoms with Crippen molar-refractivity contribution in [1.29, 1.82) is 5.26 Å². The van der Waals surface area contributed by atoms with E-state index in [0.717, 1.165) is 20.9 Å². The molecule has 64 valence electrons. The van der Waals surface area contributed by atoms with Crippen LogP contribution in [0.4, 0.5) is 0 Å². The highest BCUT2D eigenvalue weighted by atomic mass is 79.9. The highest BCUT2D eigenvalue weighted by molar-refractivity contribution is 9.10. The van der Waals surface area contributed by atoms with Gasteiger partial charge in [0.2, 0.25) is 0 Å². The third-order valence-corrected chi connectivity index (χ3v) is 2.40. The van der Waals surface area contributed by atoms with Crippen LogP contribution in [0, 0.1) is 18.3 Å². The fourth-order valence-electron chi connectivity index (χ4n) is 1.34. The Balaban J connectivity index is 2.92. The van der Waals surface area contributed by atoms with Crippen LogP contribution < -0.4 is 0 Å². The molecule has 0 unspecified atom stereocenters. The first-order valence-corrected chi connectivity index (χ1v) is 4.56. The number of aromatic nitrogens is 2. The summed E-state index contributed by atoms with van der Waals surface area (Å²) in [7, 11) is 0. The van der Waals surface area contributed by atoms with Crippen LogP contribution in [0.3, 0.4) is 0 Å². The molecule has 0 radical (unpaired) electrons. The smallest absolute Gasteiger partial charge is 0.170 e. The van der Waals surface area contributed by atoms with Gasteiger partial charge in [-0.2, -0.15) is 10.4 Å². The molecule has 13 heavy (non-hydrogen) atoms. The quantitative estimate of drug-likeness (QED) is 0.763. The van der Waals surface area contributed by atoms with Crippen LogP contribution in [0.1, 0.15) is 11.3 Å². The summed E-state index contributed by atoms with van der Waals surface area (Å²) in [6.07, 6.45) is 0. The minimum atomic E-state index is 0.444. The monoisotopic (exact) mass is 235 g/mol. The lowest BCUT2D eigenvalue weighted by atomic mass is 10.1. The van der Waals surface area contributed by atoms with E-state index in [9.17, 15) is 0 Å². The molecule has 0 saturated heterocycles. The molecule has 4 heteroatoms. The molecule has 0 atom stereocenters. The number of hydrogen-bond acceptors (Lipinski definition) is 2. The van der Waals surface area contributed by atoms with Gasteiger partial charge < -0.3 is 0 Å². The van der Waals surface area contributed by atoms with E-state index in [2.05, 4.69) is 26.1 Å². The molecule has 2 rings (SSSR count). The Bertz CT molecular complexity index is 507. The minimum Gasteiger partial charge on any atom is -0.276 e. The zero-order valence-corrected chi connectivity index (χ0v) is 8.51. The van der Waals surface area contributed by atoms with Crippen molar-refractivity contribution in [3.05, 3.63) is 27.9 Å². The second-order valence-electron chi connectivity index (χ2n) is 2.83. The molecule has 0 bridgehead atoms.